The Balaban J connectivity index is 1.57. The number of anilines is 1. The molecule has 7 heteroatoms. The maximum Gasteiger partial charge on any atom is 0.268 e. The molecule has 0 N–H and O–H groups in total. The summed E-state index contributed by atoms with van der Waals surface area (Å²) in [6, 6.07) is 2.52. The minimum absolute atomic E-state index is 0.0702. The molecule has 3 rings (SSSR count). The molecule has 3 heterocycles. The molecule has 1 aliphatic heterocycles. The molecule has 0 amide bonds. The van der Waals surface area contributed by atoms with E-state index in [1.165, 1.54) is 6.20 Å². The van der Waals surface area contributed by atoms with Gasteiger partial charge in [-0.2, -0.15) is 0 Å². The number of rotatable bonds is 4. The molecule has 0 bridgehead atoms. The molecule has 0 unspecified atom stereocenters. The Morgan fingerprint density at radius 1 is 1.25 bits per heavy atom. The third-order valence-electron chi connectivity index (χ3n) is 4.67. The van der Waals surface area contributed by atoms with E-state index < -0.39 is 0 Å². The maximum atomic E-state index is 11.4. The lowest BCUT2D eigenvalue weighted by atomic mass is 10.0. The van der Waals surface area contributed by atoms with Crippen LogP contribution in [0.15, 0.2) is 29.6 Å². The van der Waals surface area contributed by atoms with Gasteiger partial charge >= 0.3 is 0 Å². The molecular formula is C17H24N6O. The summed E-state index contributed by atoms with van der Waals surface area (Å²) in [5, 5.41) is 0. The molecule has 24 heavy (non-hydrogen) atoms. The molecule has 0 radical (unpaired) electrons. The average molecular weight is 328 g/mol. The van der Waals surface area contributed by atoms with Crippen LogP contribution in [0, 0.1) is 6.92 Å². The van der Waals surface area contributed by atoms with Gasteiger partial charge in [0, 0.05) is 57.7 Å². The highest BCUT2D eigenvalue weighted by Gasteiger charge is 2.23. The summed E-state index contributed by atoms with van der Waals surface area (Å²) in [6.45, 7) is 4.81. The molecule has 7 nitrogen and oxygen atoms in total. The van der Waals surface area contributed by atoms with Crippen molar-refractivity contribution in [2.75, 3.05) is 25.0 Å². The second kappa shape index (κ2) is 7.09. The SMILES string of the molecule is Cc1cc(N(C)C2CCN(Cc3cn(C)c(=O)cn3)CC2)ncn1. The second-order valence-corrected chi connectivity index (χ2v) is 6.46. The maximum absolute atomic E-state index is 11.4. The highest BCUT2D eigenvalue weighted by molar-refractivity contribution is 5.39. The molecule has 1 fully saturated rings. The molecule has 0 aromatic carbocycles. The second-order valence-electron chi connectivity index (χ2n) is 6.46. The lowest BCUT2D eigenvalue weighted by Crippen LogP contribution is -2.43. The minimum atomic E-state index is -0.0702. The van der Waals surface area contributed by atoms with Gasteiger partial charge in [-0.05, 0) is 19.8 Å². The van der Waals surface area contributed by atoms with Crippen LogP contribution in [0.25, 0.3) is 0 Å². The number of aromatic nitrogens is 4. The van der Waals surface area contributed by atoms with Crippen LogP contribution >= 0.6 is 0 Å². The van der Waals surface area contributed by atoms with Crippen molar-refractivity contribution in [1.82, 2.24) is 24.4 Å². The average Bonchev–Trinajstić information content (AvgIpc) is 2.58. The Morgan fingerprint density at radius 2 is 2.00 bits per heavy atom. The quantitative estimate of drug-likeness (QED) is 0.833. The van der Waals surface area contributed by atoms with Crippen LogP contribution in [0.4, 0.5) is 5.82 Å². The Morgan fingerprint density at radius 3 is 2.67 bits per heavy atom. The van der Waals surface area contributed by atoms with Gasteiger partial charge in [-0.1, -0.05) is 0 Å². The van der Waals surface area contributed by atoms with Crippen LogP contribution in [-0.2, 0) is 13.6 Å². The third kappa shape index (κ3) is 3.79. The predicted octanol–water partition coefficient (Wildman–Crippen LogP) is 0.980. The van der Waals surface area contributed by atoms with Gasteiger partial charge < -0.3 is 9.47 Å². The minimum Gasteiger partial charge on any atom is -0.356 e. The smallest absolute Gasteiger partial charge is 0.268 e. The molecule has 0 spiro atoms. The van der Waals surface area contributed by atoms with E-state index in [0.717, 1.165) is 49.7 Å². The van der Waals surface area contributed by atoms with E-state index in [4.69, 9.17) is 0 Å². The van der Waals surface area contributed by atoms with Gasteiger partial charge in [-0.3, -0.25) is 14.7 Å². The van der Waals surface area contributed by atoms with Gasteiger partial charge in [0.1, 0.15) is 12.1 Å². The highest BCUT2D eigenvalue weighted by atomic mass is 16.1. The van der Waals surface area contributed by atoms with Gasteiger partial charge in [0.25, 0.3) is 5.56 Å². The van der Waals surface area contributed by atoms with Gasteiger partial charge in [-0.15, -0.1) is 0 Å². The van der Waals surface area contributed by atoms with E-state index in [9.17, 15) is 4.79 Å². The topological polar surface area (TPSA) is 67.2 Å². The Kier molecular flexibility index (Phi) is 4.89. The number of hydrogen-bond donors (Lipinski definition) is 0. The molecule has 1 aliphatic rings. The van der Waals surface area contributed by atoms with E-state index in [1.807, 2.05) is 19.2 Å². The molecule has 0 aliphatic carbocycles. The van der Waals surface area contributed by atoms with Crippen molar-refractivity contribution in [3.63, 3.8) is 0 Å². The van der Waals surface area contributed by atoms with Crippen molar-refractivity contribution in [2.24, 2.45) is 7.05 Å². The fourth-order valence-electron chi connectivity index (χ4n) is 3.15. The zero-order valence-corrected chi connectivity index (χ0v) is 14.5. The summed E-state index contributed by atoms with van der Waals surface area (Å²) >= 11 is 0. The van der Waals surface area contributed by atoms with E-state index in [-0.39, 0.29) is 5.56 Å². The fraction of sp³-hybridized carbons (Fsp3) is 0.529. The number of aryl methyl sites for hydroxylation is 2. The predicted molar refractivity (Wildman–Crippen MR) is 92.9 cm³/mol. The summed E-state index contributed by atoms with van der Waals surface area (Å²) in [4.78, 5) is 28.8. The zero-order chi connectivity index (χ0) is 17.1. The first-order valence-electron chi connectivity index (χ1n) is 8.28. The first-order chi connectivity index (χ1) is 11.5. The lowest BCUT2D eigenvalue weighted by Gasteiger charge is -2.37. The molecule has 2 aromatic rings. The van der Waals surface area contributed by atoms with Crippen LogP contribution in [0.1, 0.15) is 24.2 Å². The summed E-state index contributed by atoms with van der Waals surface area (Å²) < 4.78 is 1.58. The van der Waals surface area contributed by atoms with Gasteiger partial charge in [0.15, 0.2) is 0 Å². The van der Waals surface area contributed by atoms with Crippen molar-refractivity contribution < 1.29 is 0 Å². The number of likely N-dealkylation sites (tertiary alicyclic amines) is 1. The van der Waals surface area contributed by atoms with Gasteiger partial charge in [0.05, 0.1) is 11.9 Å². The molecular weight excluding hydrogens is 304 g/mol. The van der Waals surface area contributed by atoms with Crippen molar-refractivity contribution in [2.45, 2.75) is 32.4 Å². The lowest BCUT2D eigenvalue weighted by molar-refractivity contribution is 0.200. The fourth-order valence-corrected chi connectivity index (χ4v) is 3.15. The molecule has 0 atom stereocenters. The number of hydrogen-bond acceptors (Lipinski definition) is 6. The summed E-state index contributed by atoms with van der Waals surface area (Å²) in [5.74, 6) is 0.987. The van der Waals surface area contributed by atoms with E-state index >= 15 is 0 Å². The van der Waals surface area contributed by atoms with Crippen LogP contribution in [-0.4, -0.2) is 50.6 Å². The van der Waals surface area contributed by atoms with E-state index in [2.05, 4.69) is 31.8 Å². The molecule has 128 valence electrons. The van der Waals surface area contributed by atoms with Gasteiger partial charge in [-0.25, -0.2) is 9.97 Å². The Labute approximate surface area is 142 Å². The summed E-state index contributed by atoms with van der Waals surface area (Å²) in [7, 11) is 3.87. The van der Waals surface area contributed by atoms with Crippen molar-refractivity contribution in [3.05, 3.63) is 46.5 Å². The Hall–Kier alpha value is -2.28. The van der Waals surface area contributed by atoms with Crippen LogP contribution in [0.5, 0.6) is 0 Å². The van der Waals surface area contributed by atoms with Crippen molar-refractivity contribution in [1.29, 1.82) is 0 Å². The molecule has 2 aromatic heterocycles. The largest absolute Gasteiger partial charge is 0.356 e. The first-order valence-corrected chi connectivity index (χ1v) is 8.28. The normalized spacial score (nSPS) is 16.3. The monoisotopic (exact) mass is 328 g/mol. The highest BCUT2D eigenvalue weighted by Crippen LogP contribution is 2.21. The van der Waals surface area contributed by atoms with Crippen LogP contribution in [0.2, 0.25) is 0 Å². The Bertz CT molecular complexity index is 751. The number of nitrogens with zero attached hydrogens (tertiary/aromatic N) is 6. The van der Waals surface area contributed by atoms with Gasteiger partial charge in [0.2, 0.25) is 0 Å². The molecule has 0 saturated carbocycles. The number of piperidine rings is 1. The van der Waals surface area contributed by atoms with Crippen molar-refractivity contribution in [3.8, 4) is 0 Å². The zero-order valence-electron chi connectivity index (χ0n) is 14.5. The first kappa shape index (κ1) is 16.6. The summed E-state index contributed by atoms with van der Waals surface area (Å²) in [5.41, 5.74) is 1.86. The van der Waals surface area contributed by atoms with Crippen LogP contribution < -0.4 is 10.5 Å². The van der Waals surface area contributed by atoms with E-state index in [1.54, 1.807) is 17.9 Å². The standard InChI is InChI=1S/C17H24N6O/c1-13-8-16(20-12-19-13)22(3)15-4-6-23(7-5-15)11-14-10-21(2)17(24)9-18-14/h8-10,12,15H,4-7,11H2,1-3H3. The van der Waals surface area contributed by atoms with Crippen LogP contribution in [0.3, 0.4) is 0 Å². The molecule has 1 saturated heterocycles. The summed E-state index contributed by atoms with van der Waals surface area (Å²) in [6.07, 6.45) is 7.02. The third-order valence-corrected chi connectivity index (χ3v) is 4.67. The van der Waals surface area contributed by atoms with Crippen molar-refractivity contribution >= 4 is 5.82 Å². The van der Waals surface area contributed by atoms with E-state index in [0.29, 0.717) is 6.04 Å².